The first-order chi connectivity index (χ1) is 13.6. The molecule has 144 valence electrons. The molecule has 0 bridgehead atoms. The minimum absolute atomic E-state index is 0.0913. The Labute approximate surface area is 164 Å². The Morgan fingerprint density at radius 3 is 2.36 bits per heavy atom. The van der Waals surface area contributed by atoms with Crippen LogP contribution in [-0.4, -0.2) is 32.8 Å². The predicted molar refractivity (Wildman–Crippen MR) is 108 cm³/mol. The van der Waals surface area contributed by atoms with Gasteiger partial charge < -0.3 is 14.4 Å². The number of ether oxygens (including phenoxy) is 1. The molecular formula is C23H24N2O3. The van der Waals surface area contributed by atoms with Crippen LogP contribution in [-0.2, 0) is 16.1 Å². The Balaban J connectivity index is 1.69. The van der Waals surface area contributed by atoms with Crippen molar-refractivity contribution in [2.45, 2.75) is 44.9 Å². The summed E-state index contributed by atoms with van der Waals surface area (Å²) in [6.45, 7) is 2.67. The molecule has 0 saturated carbocycles. The van der Waals surface area contributed by atoms with Crippen molar-refractivity contribution < 1.29 is 14.6 Å². The normalized spacial score (nSPS) is 19.4. The zero-order chi connectivity index (χ0) is 19.5. The summed E-state index contributed by atoms with van der Waals surface area (Å²) < 4.78 is 7.61. The van der Waals surface area contributed by atoms with Crippen molar-refractivity contribution in [3.05, 3.63) is 66.5 Å². The molecule has 1 saturated heterocycles. The Kier molecular flexibility index (Phi) is 5.26. The average Bonchev–Trinajstić information content (AvgIpc) is 3.03. The number of hydrogen-bond acceptors (Lipinski definition) is 4. The van der Waals surface area contributed by atoms with E-state index >= 15 is 0 Å². The molecule has 2 aromatic carbocycles. The lowest BCUT2D eigenvalue weighted by molar-refractivity contribution is -0.160. The largest absolute Gasteiger partial charge is 0.462 e. The summed E-state index contributed by atoms with van der Waals surface area (Å²) in [5, 5.41) is 9.87. The van der Waals surface area contributed by atoms with Gasteiger partial charge in [-0.25, -0.2) is 4.98 Å². The van der Waals surface area contributed by atoms with E-state index in [1.54, 1.807) is 0 Å². The van der Waals surface area contributed by atoms with E-state index in [-0.39, 0.29) is 18.5 Å². The van der Waals surface area contributed by atoms with E-state index in [4.69, 9.17) is 9.72 Å². The molecule has 3 aromatic rings. The van der Waals surface area contributed by atoms with Gasteiger partial charge in [0, 0.05) is 30.5 Å². The smallest absolute Gasteiger partial charge is 0.308 e. The van der Waals surface area contributed by atoms with Gasteiger partial charge in [-0.1, -0.05) is 60.7 Å². The zero-order valence-electron chi connectivity index (χ0n) is 15.9. The Morgan fingerprint density at radius 1 is 1.07 bits per heavy atom. The van der Waals surface area contributed by atoms with Crippen molar-refractivity contribution in [3.63, 3.8) is 0 Å². The van der Waals surface area contributed by atoms with E-state index in [1.807, 2.05) is 43.3 Å². The van der Waals surface area contributed by atoms with Crippen LogP contribution in [0.15, 0.2) is 60.7 Å². The van der Waals surface area contributed by atoms with Crippen molar-refractivity contribution in [2.24, 2.45) is 0 Å². The number of cyclic esters (lactones) is 1. The number of aromatic nitrogens is 2. The van der Waals surface area contributed by atoms with Gasteiger partial charge in [0.1, 0.15) is 11.9 Å². The molecule has 1 aliphatic rings. The van der Waals surface area contributed by atoms with Crippen molar-refractivity contribution >= 4 is 5.97 Å². The molecule has 2 heterocycles. The monoisotopic (exact) mass is 376 g/mol. The highest BCUT2D eigenvalue weighted by Crippen LogP contribution is 2.33. The Hall–Kier alpha value is -2.92. The maximum atomic E-state index is 11.6. The second-order valence-electron chi connectivity index (χ2n) is 7.23. The quantitative estimate of drug-likeness (QED) is 0.684. The molecule has 0 aliphatic carbocycles. The molecular weight excluding hydrogens is 352 g/mol. The third kappa shape index (κ3) is 3.85. The van der Waals surface area contributed by atoms with Crippen molar-refractivity contribution in [1.29, 1.82) is 0 Å². The number of hydrogen-bond donors (Lipinski definition) is 1. The Bertz CT molecular complexity index is 951. The maximum absolute atomic E-state index is 11.6. The molecule has 0 amide bonds. The van der Waals surface area contributed by atoms with Crippen LogP contribution in [0.25, 0.3) is 22.5 Å². The minimum atomic E-state index is -0.608. The number of esters is 1. The second kappa shape index (κ2) is 7.98. The number of aliphatic hydroxyl groups excluding tert-OH is 1. The van der Waals surface area contributed by atoms with E-state index in [2.05, 4.69) is 28.8 Å². The summed E-state index contributed by atoms with van der Waals surface area (Å²) in [4.78, 5) is 16.5. The first-order valence-corrected chi connectivity index (χ1v) is 9.67. The summed E-state index contributed by atoms with van der Waals surface area (Å²) >= 11 is 0. The molecule has 1 aliphatic heterocycles. The fourth-order valence-electron chi connectivity index (χ4n) is 3.84. The van der Waals surface area contributed by atoms with Crippen LogP contribution < -0.4 is 0 Å². The topological polar surface area (TPSA) is 64.3 Å². The standard InChI is InChI=1S/C23H24N2O3/c1-16-24-22(17-8-4-2-5-9-17)23(18-10-6-3-7-11-18)25(16)13-12-20-14-19(26)15-21(27)28-20/h2-11,19-20,26H,12-15H2,1H3/t19-,20-/m1/s1. The maximum Gasteiger partial charge on any atom is 0.308 e. The van der Waals surface area contributed by atoms with Crippen LogP contribution >= 0.6 is 0 Å². The van der Waals surface area contributed by atoms with Gasteiger partial charge in [-0.2, -0.15) is 0 Å². The van der Waals surface area contributed by atoms with Crippen LogP contribution in [0, 0.1) is 6.92 Å². The van der Waals surface area contributed by atoms with Gasteiger partial charge in [0.25, 0.3) is 0 Å². The van der Waals surface area contributed by atoms with Crippen molar-refractivity contribution in [3.8, 4) is 22.5 Å². The molecule has 1 N–H and O–H groups in total. The number of aliphatic hydroxyl groups is 1. The number of benzene rings is 2. The van der Waals surface area contributed by atoms with Crippen LogP contribution in [0.3, 0.4) is 0 Å². The Morgan fingerprint density at radius 2 is 1.71 bits per heavy atom. The van der Waals surface area contributed by atoms with Crippen LogP contribution in [0.2, 0.25) is 0 Å². The molecule has 28 heavy (non-hydrogen) atoms. The van der Waals surface area contributed by atoms with Gasteiger partial charge in [0.2, 0.25) is 0 Å². The molecule has 5 nitrogen and oxygen atoms in total. The van der Waals surface area contributed by atoms with Crippen molar-refractivity contribution in [2.75, 3.05) is 0 Å². The summed E-state index contributed by atoms with van der Waals surface area (Å²) in [5.41, 5.74) is 4.18. The first kappa shape index (κ1) is 18.4. The van der Waals surface area contributed by atoms with Gasteiger partial charge in [-0.3, -0.25) is 4.79 Å². The summed E-state index contributed by atoms with van der Waals surface area (Å²) in [6, 6.07) is 20.4. The van der Waals surface area contributed by atoms with Gasteiger partial charge in [0.15, 0.2) is 0 Å². The number of carbonyl (C=O) groups excluding carboxylic acids is 1. The van der Waals surface area contributed by atoms with Crippen LogP contribution in [0.1, 0.15) is 25.1 Å². The molecule has 4 rings (SSSR count). The summed E-state index contributed by atoms with van der Waals surface area (Å²) in [5.74, 6) is 0.597. The lowest BCUT2D eigenvalue weighted by Crippen LogP contribution is -2.33. The first-order valence-electron chi connectivity index (χ1n) is 9.67. The lowest BCUT2D eigenvalue weighted by atomic mass is 10.0. The number of carbonyl (C=O) groups is 1. The lowest BCUT2D eigenvalue weighted by Gasteiger charge is -2.26. The number of aryl methyl sites for hydroxylation is 1. The van der Waals surface area contributed by atoms with E-state index in [9.17, 15) is 9.90 Å². The fraction of sp³-hybridized carbons (Fsp3) is 0.304. The highest BCUT2D eigenvalue weighted by atomic mass is 16.5. The molecule has 0 radical (unpaired) electrons. The van der Waals surface area contributed by atoms with Gasteiger partial charge in [0.05, 0.1) is 23.9 Å². The number of imidazole rings is 1. The third-order valence-corrected chi connectivity index (χ3v) is 5.16. The number of rotatable bonds is 5. The minimum Gasteiger partial charge on any atom is -0.462 e. The SMILES string of the molecule is Cc1nc(-c2ccccc2)c(-c2ccccc2)n1CC[C@@H]1C[C@@H](O)CC(=O)O1. The molecule has 1 fully saturated rings. The van der Waals surface area contributed by atoms with E-state index in [0.717, 1.165) is 28.3 Å². The molecule has 0 spiro atoms. The second-order valence-corrected chi connectivity index (χ2v) is 7.23. The highest BCUT2D eigenvalue weighted by molar-refractivity contribution is 5.79. The highest BCUT2D eigenvalue weighted by Gasteiger charge is 2.27. The predicted octanol–water partition coefficient (Wildman–Crippen LogP) is 3.98. The number of nitrogens with zero attached hydrogens (tertiary/aromatic N) is 2. The molecule has 5 heteroatoms. The van der Waals surface area contributed by atoms with E-state index in [1.165, 1.54) is 0 Å². The third-order valence-electron chi connectivity index (χ3n) is 5.16. The van der Waals surface area contributed by atoms with Gasteiger partial charge in [-0.15, -0.1) is 0 Å². The van der Waals surface area contributed by atoms with E-state index < -0.39 is 6.10 Å². The van der Waals surface area contributed by atoms with E-state index in [0.29, 0.717) is 19.4 Å². The summed E-state index contributed by atoms with van der Waals surface area (Å²) in [7, 11) is 0. The average molecular weight is 376 g/mol. The van der Waals surface area contributed by atoms with Gasteiger partial charge >= 0.3 is 5.97 Å². The summed E-state index contributed by atoms with van der Waals surface area (Å²) in [6.07, 6.45) is 0.360. The zero-order valence-corrected chi connectivity index (χ0v) is 15.9. The van der Waals surface area contributed by atoms with Crippen LogP contribution in [0.4, 0.5) is 0 Å². The molecule has 2 atom stereocenters. The fourth-order valence-corrected chi connectivity index (χ4v) is 3.84. The van der Waals surface area contributed by atoms with Crippen LogP contribution in [0.5, 0.6) is 0 Å². The molecule has 0 unspecified atom stereocenters. The van der Waals surface area contributed by atoms with Gasteiger partial charge in [-0.05, 0) is 6.92 Å². The van der Waals surface area contributed by atoms with Crippen molar-refractivity contribution in [1.82, 2.24) is 9.55 Å². The molecule has 1 aromatic heterocycles.